The van der Waals surface area contributed by atoms with Crippen LogP contribution in [0.3, 0.4) is 0 Å². The summed E-state index contributed by atoms with van der Waals surface area (Å²) in [4.78, 5) is 12.4. The summed E-state index contributed by atoms with van der Waals surface area (Å²) in [5, 5.41) is 4.63. The number of hydrogen-bond acceptors (Lipinski definition) is 2. The number of halogens is 3. The number of hydrogen-bond donors (Lipinski definition) is 1. The zero-order valence-electron chi connectivity index (χ0n) is 13.0. The third-order valence-corrected chi connectivity index (χ3v) is 3.75. The van der Waals surface area contributed by atoms with E-state index in [9.17, 15) is 18.0 Å². The molecule has 0 aliphatic rings. The zero-order chi connectivity index (χ0) is 17.9. The van der Waals surface area contributed by atoms with Crippen LogP contribution in [-0.4, -0.2) is 5.78 Å². The third kappa shape index (κ3) is 3.88. The lowest BCUT2D eigenvalue weighted by molar-refractivity contribution is -0.137. The molecule has 3 aromatic rings. The number of benzene rings is 3. The Morgan fingerprint density at radius 1 is 0.880 bits per heavy atom. The lowest BCUT2D eigenvalue weighted by Crippen LogP contribution is -2.04. The van der Waals surface area contributed by atoms with Gasteiger partial charge in [-0.05, 0) is 35.0 Å². The number of rotatable bonds is 4. The topological polar surface area (TPSA) is 29.1 Å². The Morgan fingerprint density at radius 2 is 1.56 bits per heavy atom. The number of carbonyl (C=O) groups is 1. The van der Waals surface area contributed by atoms with Gasteiger partial charge in [-0.15, -0.1) is 0 Å². The molecule has 0 aromatic heterocycles. The van der Waals surface area contributed by atoms with Gasteiger partial charge in [0.1, 0.15) is 0 Å². The van der Waals surface area contributed by atoms with Crippen LogP contribution in [0, 0.1) is 0 Å². The molecule has 0 fully saturated rings. The van der Waals surface area contributed by atoms with E-state index in [0.717, 1.165) is 22.9 Å². The minimum Gasteiger partial charge on any atom is -0.362 e. The van der Waals surface area contributed by atoms with Gasteiger partial charge >= 0.3 is 6.18 Å². The molecule has 0 amide bonds. The van der Waals surface area contributed by atoms with Gasteiger partial charge in [-0.25, -0.2) is 0 Å². The highest BCUT2D eigenvalue weighted by Gasteiger charge is 2.29. The Morgan fingerprint density at radius 3 is 2.28 bits per heavy atom. The molecule has 3 rings (SSSR count). The summed E-state index contributed by atoms with van der Waals surface area (Å²) < 4.78 is 37.5. The zero-order valence-corrected chi connectivity index (χ0v) is 13.0. The molecule has 0 heterocycles. The van der Waals surface area contributed by atoms with Crippen molar-refractivity contribution in [2.24, 2.45) is 0 Å². The molecule has 126 valence electrons. The quantitative estimate of drug-likeness (QED) is 0.489. The Kier molecular flexibility index (Phi) is 4.57. The Hall–Kier alpha value is -3.08. The van der Waals surface area contributed by atoms with Crippen molar-refractivity contribution in [3.8, 4) is 0 Å². The summed E-state index contributed by atoms with van der Waals surface area (Å²) in [7, 11) is 0. The Bertz CT molecular complexity index is 922. The van der Waals surface area contributed by atoms with Crippen LogP contribution in [-0.2, 0) is 6.18 Å². The van der Waals surface area contributed by atoms with Crippen molar-refractivity contribution in [2.75, 3.05) is 5.32 Å². The van der Waals surface area contributed by atoms with Crippen molar-refractivity contribution >= 4 is 22.2 Å². The smallest absolute Gasteiger partial charge is 0.362 e. The Balaban J connectivity index is 1.72. The van der Waals surface area contributed by atoms with Crippen LogP contribution in [0.5, 0.6) is 0 Å². The third-order valence-electron chi connectivity index (χ3n) is 3.75. The maximum absolute atomic E-state index is 12.5. The Labute approximate surface area is 142 Å². The van der Waals surface area contributed by atoms with Crippen LogP contribution in [0.2, 0.25) is 0 Å². The molecular formula is C20H14F3NO. The number of nitrogens with one attached hydrogen (secondary N) is 1. The van der Waals surface area contributed by atoms with Gasteiger partial charge in [0.05, 0.1) is 5.56 Å². The van der Waals surface area contributed by atoms with Crippen molar-refractivity contribution in [3.63, 3.8) is 0 Å². The van der Waals surface area contributed by atoms with Gasteiger partial charge in [-0.3, -0.25) is 4.79 Å². The number of anilines is 1. The fourth-order valence-electron chi connectivity index (χ4n) is 2.50. The molecule has 0 saturated carbocycles. The first kappa shape index (κ1) is 16.8. The fraction of sp³-hybridized carbons (Fsp3) is 0.0500. The SMILES string of the molecule is O=C(C=CNc1ccc(C(F)(F)F)cc1)c1cccc2ccccc12. The van der Waals surface area contributed by atoms with Crippen LogP contribution in [0.4, 0.5) is 18.9 Å². The highest BCUT2D eigenvalue weighted by Crippen LogP contribution is 2.29. The summed E-state index contributed by atoms with van der Waals surface area (Å²) in [5.41, 5.74) is 0.326. The second-order valence-electron chi connectivity index (χ2n) is 5.44. The number of ketones is 1. The normalized spacial score (nSPS) is 11.8. The average molecular weight is 341 g/mol. The number of fused-ring (bicyclic) bond motifs is 1. The van der Waals surface area contributed by atoms with E-state index in [1.54, 1.807) is 6.07 Å². The van der Waals surface area contributed by atoms with E-state index in [1.165, 1.54) is 24.4 Å². The molecular weight excluding hydrogens is 327 g/mol. The molecule has 0 unspecified atom stereocenters. The van der Waals surface area contributed by atoms with Crippen molar-refractivity contribution in [2.45, 2.75) is 6.18 Å². The van der Waals surface area contributed by atoms with Gasteiger partial charge in [-0.1, -0.05) is 42.5 Å². The lowest BCUT2D eigenvalue weighted by atomic mass is 10.0. The molecule has 3 aromatic carbocycles. The molecule has 0 saturated heterocycles. The molecule has 0 bridgehead atoms. The largest absolute Gasteiger partial charge is 0.416 e. The van der Waals surface area contributed by atoms with Gasteiger partial charge in [0.15, 0.2) is 5.78 Å². The van der Waals surface area contributed by atoms with E-state index < -0.39 is 11.7 Å². The molecule has 0 aliphatic carbocycles. The van der Waals surface area contributed by atoms with Gasteiger partial charge < -0.3 is 5.32 Å². The van der Waals surface area contributed by atoms with E-state index >= 15 is 0 Å². The van der Waals surface area contributed by atoms with Crippen molar-refractivity contribution in [3.05, 3.63) is 90.1 Å². The van der Waals surface area contributed by atoms with E-state index in [0.29, 0.717) is 11.3 Å². The number of allylic oxidation sites excluding steroid dienone is 1. The molecule has 25 heavy (non-hydrogen) atoms. The molecule has 0 radical (unpaired) electrons. The van der Waals surface area contributed by atoms with Crippen molar-refractivity contribution in [1.82, 2.24) is 0 Å². The number of alkyl halides is 3. The molecule has 0 atom stereocenters. The van der Waals surface area contributed by atoms with E-state index in [1.807, 2.05) is 36.4 Å². The first-order chi connectivity index (χ1) is 11.9. The first-order valence-electron chi connectivity index (χ1n) is 7.57. The van der Waals surface area contributed by atoms with Crippen LogP contribution in [0.15, 0.2) is 79.0 Å². The van der Waals surface area contributed by atoms with Crippen molar-refractivity contribution in [1.29, 1.82) is 0 Å². The predicted octanol–water partition coefficient (Wildman–Crippen LogP) is 5.67. The van der Waals surface area contributed by atoms with E-state index in [2.05, 4.69) is 5.32 Å². The number of carbonyl (C=O) groups excluding carboxylic acids is 1. The molecule has 5 heteroatoms. The second-order valence-corrected chi connectivity index (χ2v) is 5.44. The standard InChI is InChI=1S/C20H14F3NO/c21-20(22,23)15-8-10-16(11-9-15)24-13-12-19(25)18-7-3-5-14-4-1-2-6-17(14)18/h1-13,24H. The molecule has 2 nitrogen and oxygen atoms in total. The second kappa shape index (κ2) is 6.81. The van der Waals surface area contributed by atoms with Crippen LogP contribution < -0.4 is 5.32 Å². The van der Waals surface area contributed by atoms with Gasteiger partial charge in [0, 0.05) is 23.5 Å². The summed E-state index contributed by atoms with van der Waals surface area (Å²) >= 11 is 0. The minimum absolute atomic E-state index is 0.184. The van der Waals surface area contributed by atoms with Crippen LogP contribution >= 0.6 is 0 Å². The highest BCUT2D eigenvalue weighted by atomic mass is 19.4. The predicted molar refractivity (Wildman–Crippen MR) is 92.5 cm³/mol. The van der Waals surface area contributed by atoms with E-state index in [-0.39, 0.29) is 5.78 Å². The maximum Gasteiger partial charge on any atom is 0.416 e. The summed E-state index contributed by atoms with van der Waals surface area (Å²) in [6, 6.07) is 17.7. The average Bonchev–Trinajstić information content (AvgIpc) is 2.61. The highest BCUT2D eigenvalue weighted by molar-refractivity contribution is 6.13. The minimum atomic E-state index is -4.36. The molecule has 0 aliphatic heterocycles. The summed E-state index contributed by atoms with van der Waals surface area (Å²) in [5.74, 6) is -0.184. The lowest BCUT2D eigenvalue weighted by Gasteiger charge is -2.07. The maximum atomic E-state index is 12.5. The molecule has 1 N–H and O–H groups in total. The van der Waals surface area contributed by atoms with Crippen molar-refractivity contribution < 1.29 is 18.0 Å². The fourth-order valence-corrected chi connectivity index (χ4v) is 2.50. The summed E-state index contributed by atoms with van der Waals surface area (Å²) in [6.07, 6.45) is -1.58. The van der Waals surface area contributed by atoms with E-state index in [4.69, 9.17) is 0 Å². The molecule has 0 spiro atoms. The van der Waals surface area contributed by atoms with Crippen LogP contribution in [0.1, 0.15) is 15.9 Å². The van der Waals surface area contributed by atoms with Gasteiger partial charge in [0.25, 0.3) is 0 Å². The van der Waals surface area contributed by atoms with Gasteiger partial charge in [-0.2, -0.15) is 13.2 Å². The first-order valence-corrected chi connectivity index (χ1v) is 7.57. The monoisotopic (exact) mass is 341 g/mol. The van der Waals surface area contributed by atoms with Crippen LogP contribution in [0.25, 0.3) is 10.8 Å². The summed E-state index contributed by atoms with van der Waals surface area (Å²) in [6.45, 7) is 0. The van der Waals surface area contributed by atoms with Gasteiger partial charge in [0.2, 0.25) is 0 Å².